The van der Waals surface area contributed by atoms with Crippen molar-refractivity contribution in [2.45, 2.75) is 48.8 Å². The maximum absolute atomic E-state index is 12.1. The van der Waals surface area contributed by atoms with Crippen LogP contribution < -0.4 is 5.32 Å². The summed E-state index contributed by atoms with van der Waals surface area (Å²) in [6.07, 6.45) is 2.38. The number of thioether (sulfide) groups is 1. The van der Waals surface area contributed by atoms with Crippen LogP contribution in [0.5, 0.6) is 0 Å². The lowest BCUT2D eigenvalue weighted by atomic mass is 10.2. The predicted molar refractivity (Wildman–Crippen MR) is 89.8 cm³/mol. The zero-order valence-corrected chi connectivity index (χ0v) is 15.0. The van der Waals surface area contributed by atoms with Crippen LogP contribution in [0, 0.1) is 0 Å². The maximum atomic E-state index is 12.1. The molecule has 2 heterocycles. The molecular weight excluding hydrogens is 336 g/mol. The molecule has 1 aromatic rings. The highest BCUT2D eigenvalue weighted by Gasteiger charge is 2.20. The van der Waals surface area contributed by atoms with Crippen LogP contribution in [0.4, 0.5) is 0 Å². The lowest BCUT2D eigenvalue weighted by Gasteiger charge is -2.13. The molecule has 1 aromatic heterocycles. The molecule has 1 N–H and O–H groups in total. The van der Waals surface area contributed by atoms with Crippen molar-refractivity contribution in [1.82, 2.24) is 10.3 Å². The number of carbonyl (C=O) groups excluding carboxylic acids is 2. The number of rotatable bonds is 8. The number of hydrogen-bond donors (Lipinski definition) is 1. The van der Waals surface area contributed by atoms with E-state index in [1.807, 2.05) is 12.3 Å². The highest BCUT2D eigenvalue weighted by atomic mass is 32.2. The number of aromatic nitrogens is 1. The molecule has 0 bridgehead atoms. The molecule has 0 radical (unpaired) electrons. The van der Waals surface area contributed by atoms with E-state index in [0.717, 1.165) is 23.8 Å². The number of hydrogen-bond acceptors (Lipinski definition) is 7. The average Bonchev–Trinajstić information content (AvgIpc) is 3.17. The van der Waals surface area contributed by atoms with Gasteiger partial charge in [0.2, 0.25) is 5.91 Å². The van der Waals surface area contributed by atoms with E-state index >= 15 is 0 Å². The van der Waals surface area contributed by atoms with E-state index in [1.54, 1.807) is 6.92 Å². The molecule has 8 heteroatoms. The van der Waals surface area contributed by atoms with E-state index in [9.17, 15) is 9.59 Å². The third-order valence-corrected chi connectivity index (χ3v) is 5.46. The molecule has 1 saturated heterocycles. The average molecular weight is 358 g/mol. The molecule has 0 spiro atoms. The summed E-state index contributed by atoms with van der Waals surface area (Å²) >= 11 is 2.84. The molecular formula is C15H22N2O4S2. The molecule has 6 nitrogen and oxygen atoms in total. The second-order valence-corrected chi connectivity index (χ2v) is 7.67. The molecule has 2 rings (SSSR count). The number of carbonyl (C=O) groups is 2. The van der Waals surface area contributed by atoms with Gasteiger partial charge in [-0.3, -0.25) is 9.59 Å². The third-order valence-electron chi connectivity index (χ3n) is 3.34. The summed E-state index contributed by atoms with van der Waals surface area (Å²) in [6, 6.07) is 0. The summed E-state index contributed by atoms with van der Waals surface area (Å²) in [7, 11) is 0. The SMILES string of the molecule is CCOC(=O)Cc1csc(S[C@H](C)C(=O)NC[C@H]2CCCO2)n1. The molecule has 128 valence electrons. The molecule has 0 aliphatic carbocycles. The Kier molecular flexibility index (Phi) is 7.32. The van der Waals surface area contributed by atoms with Gasteiger partial charge in [-0.05, 0) is 26.7 Å². The van der Waals surface area contributed by atoms with Gasteiger partial charge in [0.05, 0.1) is 30.1 Å². The zero-order valence-electron chi connectivity index (χ0n) is 13.4. The Hall–Kier alpha value is -1.12. The minimum Gasteiger partial charge on any atom is -0.466 e. The van der Waals surface area contributed by atoms with Crippen LogP contribution >= 0.6 is 23.1 Å². The van der Waals surface area contributed by atoms with Crippen molar-refractivity contribution in [3.8, 4) is 0 Å². The van der Waals surface area contributed by atoms with Gasteiger partial charge >= 0.3 is 5.97 Å². The quantitative estimate of drug-likeness (QED) is 0.566. The number of amides is 1. The summed E-state index contributed by atoms with van der Waals surface area (Å²) in [5.41, 5.74) is 0.683. The molecule has 1 aliphatic heterocycles. The molecule has 1 aliphatic rings. The van der Waals surface area contributed by atoms with E-state index in [0.29, 0.717) is 18.8 Å². The Morgan fingerprint density at radius 3 is 3.13 bits per heavy atom. The summed E-state index contributed by atoms with van der Waals surface area (Å²) in [6.45, 7) is 5.34. The molecule has 23 heavy (non-hydrogen) atoms. The Morgan fingerprint density at radius 2 is 2.43 bits per heavy atom. The van der Waals surface area contributed by atoms with Crippen molar-refractivity contribution in [3.05, 3.63) is 11.1 Å². The van der Waals surface area contributed by atoms with E-state index in [1.165, 1.54) is 23.1 Å². The van der Waals surface area contributed by atoms with E-state index in [2.05, 4.69) is 10.3 Å². The van der Waals surface area contributed by atoms with Gasteiger partial charge in [-0.15, -0.1) is 11.3 Å². The van der Waals surface area contributed by atoms with E-state index < -0.39 is 0 Å². The second kappa shape index (κ2) is 9.24. The Labute approximate surface area is 144 Å². The molecule has 2 atom stereocenters. The van der Waals surface area contributed by atoms with Crippen LogP contribution in [0.1, 0.15) is 32.4 Å². The van der Waals surface area contributed by atoms with Crippen molar-refractivity contribution >= 4 is 35.0 Å². The van der Waals surface area contributed by atoms with Crippen LogP contribution in [0.2, 0.25) is 0 Å². The molecule has 1 fully saturated rings. The fourth-order valence-electron chi connectivity index (χ4n) is 2.15. The first-order chi connectivity index (χ1) is 11.1. The van der Waals surface area contributed by atoms with Crippen LogP contribution in [0.15, 0.2) is 9.72 Å². The predicted octanol–water partition coefficient (Wildman–Crippen LogP) is 2.02. The van der Waals surface area contributed by atoms with Crippen molar-refractivity contribution in [2.75, 3.05) is 19.8 Å². The maximum Gasteiger partial charge on any atom is 0.311 e. The molecule has 0 saturated carbocycles. The minimum atomic E-state index is -0.281. The lowest BCUT2D eigenvalue weighted by molar-refractivity contribution is -0.142. The van der Waals surface area contributed by atoms with Crippen molar-refractivity contribution < 1.29 is 19.1 Å². The number of nitrogens with one attached hydrogen (secondary N) is 1. The van der Waals surface area contributed by atoms with Gasteiger partial charge in [-0.2, -0.15) is 0 Å². The lowest BCUT2D eigenvalue weighted by Crippen LogP contribution is -2.36. The number of esters is 1. The number of ether oxygens (including phenoxy) is 2. The standard InChI is InChI=1S/C15H22N2O4S2/c1-3-20-13(18)7-11-9-22-15(17-11)23-10(2)14(19)16-8-12-5-4-6-21-12/h9-10,12H,3-8H2,1-2H3,(H,16,19)/t10-,12-/m1/s1. The van der Waals surface area contributed by atoms with Gasteiger partial charge in [0.1, 0.15) is 0 Å². The van der Waals surface area contributed by atoms with Crippen LogP contribution in [0.25, 0.3) is 0 Å². The van der Waals surface area contributed by atoms with Gasteiger partial charge in [-0.1, -0.05) is 11.8 Å². The fraction of sp³-hybridized carbons (Fsp3) is 0.667. The van der Waals surface area contributed by atoms with Crippen molar-refractivity contribution in [1.29, 1.82) is 0 Å². The first kappa shape index (κ1) is 18.2. The van der Waals surface area contributed by atoms with Crippen LogP contribution in [-0.2, 0) is 25.5 Å². The Balaban J connectivity index is 1.75. The smallest absolute Gasteiger partial charge is 0.311 e. The Bertz CT molecular complexity index is 529. The number of nitrogens with zero attached hydrogens (tertiary/aromatic N) is 1. The van der Waals surface area contributed by atoms with E-state index in [-0.39, 0.29) is 29.7 Å². The molecule has 1 amide bonds. The minimum absolute atomic E-state index is 0.0207. The highest BCUT2D eigenvalue weighted by Crippen LogP contribution is 2.27. The van der Waals surface area contributed by atoms with Gasteiger partial charge in [0.15, 0.2) is 4.34 Å². The van der Waals surface area contributed by atoms with Gasteiger partial charge in [-0.25, -0.2) is 4.98 Å². The molecule has 0 unspecified atom stereocenters. The van der Waals surface area contributed by atoms with Crippen molar-refractivity contribution in [2.24, 2.45) is 0 Å². The number of thiazole rings is 1. The fourth-order valence-corrected chi connectivity index (χ4v) is 4.16. The monoisotopic (exact) mass is 358 g/mol. The zero-order chi connectivity index (χ0) is 16.7. The van der Waals surface area contributed by atoms with Gasteiger partial charge in [0.25, 0.3) is 0 Å². The third kappa shape index (κ3) is 6.12. The van der Waals surface area contributed by atoms with Gasteiger partial charge in [0, 0.05) is 18.5 Å². The molecule has 0 aromatic carbocycles. The van der Waals surface area contributed by atoms with Crippen LogP contribution in [-0.4, -0.2) is 48.0 Å². The largest absolute Gasteiger partial charge is 0.466 e. The highest BCUT2D eigenvalue weighted by molar-refractivity contribution is 8.02. The normalized spacial score (nSPS) is 18.6. The topological polar surface area (TPSA) is 77.5 Å². The van der Waals surface area contributed by atoms with E-state index in [4.69, 9.17) is 9.47 Å². The van der Waals surface area contributed by atoms with Crippen LogP contribution in [0.3, 0.4) is 0 Å². The summed E-state index contributed by atoms with van der Waals surface area (Å²) < 4.78 is 11.2. The summed E-state index contributed by atoms with van der Waals surface area (Å²) in [5.74, 6) is -0.302. The Morgan fingerprint density at radius 1 is 1.61 bits per heavy atom. The van der Waals surface area contributed by atoms with Gasteiger partial charge < -0.3 is 14.8 Å². The summed E-state index contributed by atoms with van der Waals surface area (Å²) in [4.78, 5) is 27.9. The first-order valence-electron chi connectivity index (χ1n) is 7.74. The first-order valence-corrected chi connectivity index (χ1v) is 9.50. The summed E-state index contributed by atoms with van der Waals surface area (Å²) in [5, 5.41) is 4.51. The second-order valence-electron chi connectivity index (χ2n) is 5.23. The van der Waals surface area contributed by atoms with Crippen molar-refractivity contribution in [3.63, 3.8) is 0 Å².